The third kappa shape index (κ3) is 3.73. The van der Waals surface area contributed by atoms with E-state index in [-0.39, 0.29) is 18.0 Å². The normalized spacial score (nSPS) is 15.2. The number of amides is 1. The smallest absolute Gasteiger partial charge is 0.260 e. The predicted molar refractivity (Wildman–Crippen MR) is 114 cm³/mol. The molecule has 0 radical (unpaired) electrons. The molecular formula is C24H17ClF5NO3. The first-order valence-electron chi connectivity index (χ1n) is 10.0. The summed E-state index contributed by atoms with van der Waals surface area (Å²) < 4.78 is 80.9. The van der Waals surface area contributed by atoms with Crippen molar-refractivity contribution in [2.45, 2.75) is 12.5 Å². The fourth-order valence-electron chi connectivity index (χ4n) is 4.13. The fraction of sp³-hybridized carbons (Fsp3) is 0.208. The molecule has 1 amide bonds. The monoisotopic (exact) mass is 497 g/mol. The van der Waals surface area contributed by atoms with Crippen LogP contribution in [0.1, 0.15) is 33.1 Å². The number of rotatable bonds is 4. The number of carbonyl (C=O) groups excluding carboxylic acids is 1. The zero-order chi connectivity index (χ0) is 24.7. The molecule has 0 aromatic heterocycles. The zero-order valence-corrected chi connectivity index (χ0v) is 18.7. The van der Waals surface area contributed by atoms with Gasteiger partial charge >= 0.3 is 0 Å². The van der Waals surface area contributed by atoms with Gasteiger partial charge in [-0.25, -0.2) is 22.0 Å². The molecule has 0 N–H and O–H groups in total. The van der Waals surface area contributed by atoms with Crippen molar-refractivity contribution in [3.63, 3.8) is 0 Å². The van der Waals surface area contributed by atoms with E-state index >= 15 is 0 Å². The van der Waals surface area contributed by atoms with Crippen molar-refractivity contribution in [2.75, 3.05) is 20.8 Å². The largest absolute Gasteiger partial charge is 0.493 e. The van der Waals surface area contributed by atoms with E-state index in [1.54, 1.807) is 36.4 Å². The Labute approximate surface area is 196 Å². The Bertz CT molecular complexity index is 1270. The molecule has 1 aliphatic heterocycles. The fourth-order valence-corrected chi connectivity index (χ4v) is 4.37. The Morgan fingerprint density at radius 3 is 2.03 bits per heavy atom. The van der Waals surface area contributed by atoms with Gasteiger partial charge in [-0.2, -0.15) is 0 Å². The van der Waals surface area contributed by atoms with Crippen LogP contribution in [0.25, 0.3) is 0 Å². The van der Waals surface area contributed by atoms with E-state index in [1.807, 2.05) is 0 Å². The van der Waals surface area contributed by atoms with Gasteiger partial charge in [0.1, 0.15) is 5.56 Å². The highest BCUT2D eigenvalue weighted by atomic mass is 35.5. The molecule has 1 heterocycles. The minimum absolute atomic E-state index is 0.0866. The topological polar surface area (TPSA) is 38.8 Å². The van der Waals surface area contributed by atoms with Gasteiger partial charge in [-0.05, 0) is 41.3 Å². The van der Waals surface area contributed by atoms with E-state index in [2.05, 4.69) is 0 Å². The highest BCUT2D eigenvalue weighted by Gasteiger charge is 2.39. The molecule has 0 aliphatic carbocycles. The SMILES string of the molecule is COc1cc2c(cc1OC)C(c1ccccc1Cl)N(C(=O)c1c(F)c(F)c(F)c(F)c1F)CC2. The molecule has 3 aromatic carbocycles. The van der Waals surface area contributed by atoms with E-state index in [0.717, 1.165) is 10.5 Å². The number of benzene rings is 3. The molecule has 178 valence electrons. The van der Waals surface area contributed by atoms with E-state index in [4.69, 9.17) is 21.1 Å². The summed E-state index contributed by atoms with van der Waals surface area (Å²) in [5.41, 5.74) is 0.116. The van der Waals surface area contributed by atoms with E-state index in [1.165, 1.54) is 14.2 Å². The van der Waals surface area contributed by atoms with E-state index in [9.17, 15) is 26.7 Å². The molecule has 1 aliphatic rings. The van der Waals surface area contributed by atoms with Gasteiger partial charge in [0.25, 0.3) is 5.91 Å². The second-order valence-electron chi connectivity index (χ2n) is 7.52. The lowest BCUT2D eigenvalue weighted by atomic mass is 9.87. The second kappa shape index (κ2) is 9.13. The number of nitrogens with zero attached hydrogens (tertiary/aromatic N) is 1. The lowest BCUT2D eigenvalue weighted by molar-refractivity contribution is 0.0680. The zero-order valence-electron chi connectivity index (χ0n) is 17.9. The first-order chi connectivity index (χ1) is 16.2. The van der Waals surface area contributed by atoms with Crippen LogP contribution in [0.5, 0.6) is 11.5 Å². The second-order valence-corrected chi connectivity index (χ2v) is 7.93. The van der Waals surface area contributed by atoms with Crippen LogP contribution in [-0.4, -0.2) is 31.6 Å². The van der Waals surface area contributed by atoms with Gasteiger partial charge in [0.05, 0.1) is 20.3 Å². The molecular weight excluding hydrogens is 481 g/mol. The van der Waals surface area contributed by atoms with Gasteiger partial charge in [0, 0.05) is 11.6 Å². The average Bonchev–Trinajstić information content (AvgIpc) is 2.85. The van der Waals surface area contributed by atoms with Gasteiger partial charge in [-0.3, -0.25) is 4.79 Å². The van der Waals surface area contributed by atoms with Gasteiger partial charge in [-0.15, -0.1) is 0 Å². The first kappa shape index (κ1) is 23.8. The van der Waals surface area contributed by atoms with Crippen LogP contribution < -0.4 is 9.47 Å². The summed E-state index contributed by atoms with van der Waals surface area (Å²) in [6.45, 7) is -0.0866. The van der Waals surface area contributed by atoms with Crippen molar-refractivity contribution >= 4 is 17.5 Å². The van der Waals surface area contributed by atoms with Crippen LogP contribution in [0.4, 0.5) is 22.0 Å². The molecule has 34 heavy (non-hydrogen) atoms. The van der Waals surface area contributed by atoms with E-state index in [0.29, 0.717) is 22.6 Å². The number of hydrogen-bond acceptors (Lipinski definition) is 3. The third-order valence-electron chi connectivity index (χ3n) is 5.76. The van der Waals surface area contributed by atoms with Crippen LogP contribution in [0.3, 0.4) is 0 Å². The number of halogens is 6. The maximum atomic E-state index is 14.5. The van der Waals surface area contributed by atoms with Crippen molar-refractivity contribution in [2.24, 2.45) is 0 Å². The van der Waals surface area contributed by atoms with Crippen LogP contribution in [0.15, 0.2) is 36.4 Å². The lowest BCUT2D eigenvalue weighted by Gasteiger charge is -2.38. The van der Waals surface area contributed by atoms with E-state index < -0.39 is 46.6 Å². The van der Waals surface area contributed by atoms with Crippen LogP contribution in [0.2, 0.25) is 5.02 Å². The number of carbonyl (C=O) groups is 1. The quantitative estimate of drug-likeness (QED) is 0.258. The van der Waals surface area contributed by atoms with Crippen molar-refractivity contribution in [1.82, 2.24) is 4.90 Å². The summed E-state index contributed by atoms with van der Waals surface area (Å²) >= 11 is 6.39. The molecule has 0 bridgehead atoms. The number of fused-ring (bicyclic) bond motifs is 1. The van der Waals surface area contributed by atoms with Gasteiger partial charge in [0.2, 0.25) is 5.82 Å². The maximum Gasteiger partial charge on any atom is 0.260 e. The standard InChI is InChI=1S/C24H17ClF5NO3/c1-33-15-9-11-7-8-31(24(32)17-18(26)20(28)22(30)21(29)19(17)27)23(13(11)10-16(15)34-2)12-5-3-4-6-14(12)25/h3-6,9-10,23H,7-8H2,1-2H3. The van der Waals surface area contributed by atoms with Gasteiger partial charge in [-0.1, -0.05) is 29.8 Å². The molecule has 0 saturated carbocycles. The Morgan fingerprint density at radius 2 is 1.44 bits per heavy atom. The van der Waals surface area contributed by atoms with Crippen molar-refractivity contribution in [3.05, 3.63) is 92.8 Å². The molecule has 10 heteroatoms. The minimum atomic E-state index is -2.34. The van der Waals surface area contributed by atoms with Crippen LogP contribution in [0, 0.1) is 29.1 Å². The Morgan fingerprint density at radius 1 is 0.882 bits per heavy atom. The van der Waals surface area contributed by atoms with Crippen molar-refractivity contribution < 1.29 is 36.2 Å². The van der Waals surface area contributed by atoms with Crippen molar-refractivity contribution in [3.8, 4) is 11.5 Å². The van der Waals surface area contributed by atoms with Crippen LogP contribution >= 0.6 is 11.6 Å². The molecule has 0 saturated heterocycles. The number of hydrogen-bond donors (Lipinski definition) is 0. The summed E-state index contributed by atoms with van der Waals surface area (Å²) in [5, 5.41) is 0.241. The summed E-state index contributed by atoms with van der Waals surface area (Å²) in [5.74, 6) is -11.7. The maximum absolute atomic E-state index is 14.5. The highest BCUT2D eigenvalue weighted by Crippen LogP contribution is 2.43. The molecule has 1 unspecified atom stereocenters. The third-order valence-corrected chi connectivity index (χ3v) is 6.10. The Kier molecular flexibility index (Phi) is 6.40. The number of ether oxygens (including phenoxy) is 2. The summed E-state index contributed by atoms with van der Waals surface area (Å²) in [4.78, 5) is 14.4. The Hall–Kier alpha value is -3.33. The minimum Gasteiger partial charge on any atom is -0.493 e. The first-order valence-corrected chi connectivity index (χ1v) is 10.4. The molecule has 4 rings (SSSR count). The predicted octanol–water partition coefficient (Wildman–Crippen LogP) is 5.84. The molecule has 1 atom stereocenters. The number of methoxy groups -OCH3 is 2. The van der Waals surface area contributed by atoms with Crippen molar-refractivity contribution in [1.29, 1.82) is 0 Å². The summed E-state index contributed by atoms with van der Waals surface area (Å²) in [6, 6.07) is 8.78. The Balaban J connectivity index is 1.94. The van der Waals surface area contributed by atoms with Gasteiger partial charge in [0.15, 0.2) is 34.8 Å². The highest BCUT2D eigenvalue weighted by molar-refractivity contribution is 6.31. The molecule has 0 fully saturated rings. The average molecular weight is 498 g/mol. The van der Waals surface area contributed by atoms with Crippen LogP contribution in [-0.2, 0) is 6.42 Å². The lowest BCUT2D eigenvalue weighted by Crippen LogP contribution is -2.41. The molecule has 3 aromatic rings. The molecule has 4 nitrogen and oxygen atoms in total. The molecule has 0 spiro atoms. The van der Waals surface area contributed by atoms with Gasteiger partial charge < -0.3 is 14.4 Å². The summed E-state index contributed by atoms with van der Waals surface area (Å²) in [7, 11) is 2.87. The summed E-state index contributed by atoms with van der Waals surface area (Å²) in [6.07, 6.45) is 0.220.